The number of hydrogen-bond acceptors (Lipinski definition) is 6. The molecule has 0 aliphatic carbocycles. The number of benzene rings is 2. The third kappa shape index (κ3) is 4.94. The van der Waals surface area contributed by atoms with Crippen LogP contribution in [0.15, 0.2) is 48.5 Å². The van der Waals surface area contributed by atoms with Crippen molar-refractivity contribution in [3.8, 4) is 10.6 Å². The van der Waals surface area contributed by atoms with E-state index in [1.165, 1.54) is 23.5 Å². The Bertz CT molecular complexity index is 1160. The number of halogens is 2. The van der Waals surface area contributed by atoms with E-state index in [1.807, 2.05) is 30.3 Å². The molecule has 30 heavy (non-hydrogen) atoms. The number of rotatable bonds is 7. The van der Waals surface area contributed by atoms with Crippen LogP contribution < -0.4 is 9.62 Å². The number of carbonyl (C=O) groups excluding carboxylic acids is 1. The minimum absolute atomic E-state index is 0.0909. The van der Waals surface area contributed by atoms with Crippen LogP contribution >= 0.6 is 22.9 Å². The summed E-state index contributed by atoms with van der Waals surface area (Å²) in [4.78, 5) is 12.9. The van der Waals surface area contributed by atoms with Gasteiger partial charge in [-0.3, -0.25) is 14.4 Å². The van der Waals surface area contributed by atoms with Gasteiger partial charge in [-0.25, -0.2) is 12.8 Å². The summed E-state index contributed by atoms with van der Waals surface area (Å²) in [6, 6.07) is 11.7. The molecule has 2 aromatic carbocycles. The molecule has 1 N–H and O–H groups in total. The second-order valence-corrected chi connectivity index (χ2v) is 9.59. The molecule has 0 aliphatic rings. The summed E-state index contributed by atoms with van der Waals surface area (Å²) in [5.74, 6) is -1.27. The van der Waals surface area contributed by atoms with Gasteiger partial charge in [-0.1, -0.05) is 60.2 Å². The van der Waals surface area contributed by atoms with Crippen LogP contribution in [0.5, 0.6) is 0 Å². The van der Waals surface area contributed by atoms with Crippen molar-refractivity contribution in [2.75, 3.05) is 15.9 Å². The molecule has 1 aromatic heterocycles. The third-order valence-corrected chi connectivity index (χ3v) is 6.52. The zero-order chi connectivity index (χ0) is 21.9. The van der Waals surface area contributed by atoms with Crippen molar-refractivity contribution in [2.24, 2.45) is 0 Å². The first-order valence-corrected chi connectivity index (χ1v) is 11.9. The Morgan fingerprint density at radius 1 is 1.23 bits per heavy atom. The fraction of sp³-hybridized carbons (Fsp3) is 0.211. The molecule has 3 rings (SSSR count). The number of amides is 1. The summed E-state index contributed by atoms with van der Waals surface area (Å²) < 4.78 is 39.4. The first-order valence-electron chi connectivity index (χ1n) is 8.85. The van der Waals surface area contributed by atoms with Crippen LogP contribution in [-0.2, 0) is 14.8 Å². The van der Waals surface area contributed by atoms with Crippen molar-refractivity contribution >= 4 is 49.7 Å². The van der Waals surface area contributed by atoms with E-state index >= 15 is 0 Å². The lowest BCUT2D eigenvalue weighted by atomic mass is 10.2. The number of anilines is 2. The lowest BCUT2D eigenvalue weighted by molar-refractivity contribution is -0.117. The van der Waals surface area contributed by atoms with Gasteiger partial charge < -0.3 is 0 Å². The quantitative estimate of drug-likeness (QED) is 0.561. The van der Waals surface area contributed by atoms with Gasteiger partial charge in [0.2, 0.25) is 21.1 Å². The smallest absolute Gasteiger partial charge is 0.250 e. The van der Waals surface area contributed by atoms with Gasteiger partial charge in [0.05, 0.1) is 17.0 Å². The molecular weight excluding hydrogens is 451 g/mol. The lowest BCUT2D eigenvalue weighted by Gasteiger charge is -2.29. The number of hydrogen-bond donors (Lipinski definition) is 1. The summed E-state index contributed by atoms with van der Waals surface area (Å²) in [6.45, 7) is 1.67. The Balaban J connectivity index is 1.88. The van der Waals surface area contributed by atoms with E-state index in [1.54, 1.807) is 6.92 Å². The summed E-state index contributed by atoms with van der Waals surface area (Å²) in [6.07, 6.45) is 1.14. The predicted molar refractivity (Wildman–Crippen MR) is 117 cm³/mol. The molecule has 0 bridgehead atoms. The molecule has 1 atom stereocenters. The van der Waals surface area contributed by atoms with E-state index in [2.05, 4.69) is 15.5 Å². The van der Waals surface area contributed by atoms with Crippen molar-refractivity contribution in [1.82, 2.24) is 10.2 Å². The second kappa shape index (κ2) is 9.07. The molecule has 0 saturated heterocycles. The lowest BCUT2D eigenvalue weighted by Crippen LogP contribution is -2.47. The molecule has 7 nitrogen and oxygen atoms in total. The monoisotopic (exact) mass is 468 g/mol. The zero-order valence-corrected chi connectivity index (χ0v) is 18.4. The highest BCUT2D eigenvalue weighted by atomic mass is 35.5. The van der Waals surface area contributed by atoms with E-state index in [-0.39, 0.29) is 22.3 Å². The molecule has 1 heterocycles. The molecule has 0 radical (unpaired) electrons. The molecule has 0 aliphatic heterocycles. The Labute approximate surface area is 182 Å². The average Bonchev–Trinajstić information content (AvgIpc) is 3.16. The molecule has 11 heteroatoms. The van der Waals surface area contributed by atoms with E-state index in [0.717, 1.165) is 22.2 Å². The van der Waals surface area contributed by atoms with E-state index in [9.17, 15) is 17.6 Å². The summed E-state index contributed by atoms with van der Waals surface area (Å²) in [7, 11) is -3.88. The number of nitrogens with one attached hydrogen (secondary N) is 1. The van der Waals surface area contributed by atoms with Crippen LogP contribution in [0.3, 0.4) is 0 Å². The molecule has 0 spiro atoms. The molecule has 0 saturated carbocycles. The van der Waals surface area contributed by atoms with Crippen LogP contribution in [0.2, 0.25) is 5.02 Å². The highest BCUT2D eigenvalue weighted by molar-refractivity contribution is 7.92. The number of aromatic nitrogens is 2. The van der Waals surface area contributed by atoms with Gasteiger partial charge >= 0.3 is 0 Å². The van der Waals surface area contributed by atoms with Crippen LogP contribution in [0.1, 0.15) is 13.3 Å². The number of nitrogens with zero attached hydrogens (tertiary/aromatic N) is 3. The van der Waals surface area contributed by atoms with Crippen molar-refractivity contribution in [3.05, 3.63) is 59.4 Å². The maximum atomic E-state index is 13.5. The number of carbonyl (C=O) groups is 1. The van der Waals surface area contributed by atoms with Gasteiger partial charge in [-0.2, -0.15) is 0 Å². The van der Waals surface area contributed by atoms with E-state index in [4.69, 9.17) is 11.6 Å². The normalized spacial score (nSPS) is 12.4. The maximum absolute atomic E-state index is 13.5. The fourth-order valence-electron chi connectivity index (χ4n) is 2.84. The number of sulfonamides is 1. The van der Waals surface area contributed by atoms with Crippen molar-refractivity contribution < 1.29 is 17.6 Å². The van der Waals surface area contributed by atoms with Gasteiger partial charge in [0.15, 0.2) is 0 Å². The zero-order valence-electron chi connectivity index (χ0n) is 16.0. The molecule has 0 fully saturated rings. The summed E-state index contributed by atoms with van der Waals surface area (Å²) in [5.41, 5.74) is 0.939. The van der Waals surface area contributed by atoms with Crippen LogP contribution in [0, 0.1) is 5.82 Å². The van der Waals surface area contributed by atoms with Gasteiger partial charge in [0.25, 0.3) is 0 Å². The summed E-state index contributed by atoms with van der Waals surface area (Å²) in [5, 5.41) is 11.3. The predicted octanol–water partition coefficient (Wildman–Crippen LogP) is 4.18. The fourth-order valence-corrected chi connectivity index (χ4v) is 4.97. The van der Waals surface area contributed by atoms with Crippen LogP contribution in [0.4, 0.5) is 15.2 Å². The van der Waals surface area contributed by atoms with Gasteiger partial charge in [-0.15, -0.1) is 10.2 Å². The van der Waals surface area contributed by atoms with Crippen molar-refractivity contribution in [2.45, 2.75) is 19.4 Å². The SMILES string of the molecule is CC[C@H](C(=O)Nc1nnc(-c2ccccc2)s1)N(c1ccc(F)c(Cl)c1)S(C)(=O)=O. The van der Waals surface area contributed by atoms with Crippen molar-refractivity contribution in [3.63, 3.8) is 0 Å². The molecule has 158 valence electrons. The summed E-state index contributed by atoms with van der Waals surface area (Å²) >= 11 is 6.98. The Kier molecular flexibility index (Phi) is 6.69. The van der Waals surface area contributed by atoms with Gasteiger partial charge in [0.1, 0.15) is 16.9 Å². The maximum Gasteiger partial charge on any atom is 0.250 e. The molecule has 1 amide bonds. The highest BCUT2D eigenvalue weighted by Crippen LogP contribution is 2.29. The van der Waals surface area contributed by atoms with Crippen molar-refractivity contribution in [1.29, 1.82) is 0 Å². The molecule has 0 unspecified atom stereocenters. The largest absolute Gasteiger partial charge is 0.299 e. The van der Waals surface area contributed by atoms with Crippen LogP contribution in [0.25, 0.3) is 10.6 Å². The average molecular weight is 469 g/mol. The van der Waals surface area contributed by atoms with Gasteiger partial charge in [-0.05, 0) is 24.6 Å². The first kappa shape index (κ1) is 22.1. The van der Waals surface area contributed by atoms with Crippen LogP contribution in [-0.4, -0.2) is 36.8 Å². The third-order valence-electron chi connectivity index (χ3n) is 4.16. The van der Waals surface area contributed by atoms with E-state index < -0.39 is 27.8 Å². The Morgan fingerprint density at radius 3 is 2.53 bits per heavy atom. The Morgan fingerprint density at radius 2 is 1.93 bits per heavy atom. The van der Waals surface area contributed by atoms with Gasteiger partial charge in [0, 0.05) is 5.56 Å². The molecular formula is C19H18ClFN4O3S2. The topological polar surface area (TPSA) is 92.3 Å². The Hall–Kier alpha value is -2.56. The first-order chi connectivity index (χ1) is 14.2. The highest BCUT2D eigenvalue weighted by Gasteiger charge is 2.32. The minimum atomic E-state index is -3.88. The standard InChI is InChI=1S/C19H18ClFN4O3S2/c1-3-16(25(30(2,27)28)13-9-10-15(21)14(20)11-13)17(26)22-19-24-23-18(29-19)12-7-5-4-6-8-12/h4-11,16H,3H2,1-2H3,(H,22,24,26)/t16-/m1/s1. The molecule has 3 aromatic rings. The second-order valence-electron chi connectivity index (χ2n) is 6.35. The van der Waals surface area contributed by atoms with E-state index in [0.29, 0.717) is 5.01 Å². The minimum Gasteiger partial charge on any atom is -0.299 e.